The SMILES string of the molecule is COc1ccc(CNC(=S)[C@@H](Cc2c[nH]c3ccccc23)NC(=O)O)cc1. The molecule has 4 N–H and O–H groups in total. The molecular weight excluding hydrogens is 362 g/mol. The molecule has 1 heterocycles. The molecular formula is C20H21N3O3S. The van der Waals surface area contributed by atoms with Crippen LogP contribution in [-0.2, 0) is 13.0 Å². The van der Waals surface area contributed by atoms with Crippen LogP contribution in [0.15, 0.2) is 54.7 Å². The molecule has 0 aliphatic rings. The van der Waals surface area contributed by atoms with Gasteiger partial charge in [0.05, 0.1) is 18.1 Å². The van der Waals surface area contributed by atoms with E-state index in [9.17, 15) is 9.90 Å². The van der Waals surface area contributed by atoms with Crippen LogP contribution in [0, 0.1) is 0 Å². The van der Waals surface area contributed by atoms with E-state index in [0.29, 0.717) is 18.0 Å². The van der Waals surface area contributed by atoms with Crippen molar-refractivity contribution in [1.29, 1.82) is 0 Å². The van der Waals surface area contributed by atoms with Gasteiger partial charge in [-0.3, -0.25) is 0 Å². The van der Waals surface area contributed by atoms with E-state index in [1.165, 1.54) is 0 Å². The fourth-order valence-corrected chi connectivity index (χ4v) is 3.15. The molecule has 2 aromatic carbocycles. The summed E-state index contributed by atoms with van der Waals surface area (Å²) >= 11 is 5.47. The van der Waals surface area contributed by atoms with E-state index < -0.39 is 12.1 Å². The largest absolute Gasteiger partial charge is 0.497 e. The van der Waals surface area contributed by atoms with Crippen molar-refractivity contribution in [2.24, 2.45) is 0 Å². The molecule has 27 heavy (non-hydrogen) atoms. The lowest BCUT2D eigenvalue weighted by Crippen LogP contribution is -2.46. The third-order valence-electron chi connectivity index (χ3n) is 4.34. The lowest BCUT2D eigenvalue weighted by atomic mass is 10.0. The predicted molar refractivity (Wildman–Crippen MR) is 109 cm³/mol. The Labute approximate surface area is 162 Å². The predicted octanol–water partition coefficient (Wildman–Crippen LogP) is 3.47. The van der Waals surface area contributed by atoms with Crippen molar-refractivity contribution in [3.05, 3.63) is 65.9 Å². The van der Waals surface area contributed by atoms with Gasteiger partial charge in [0.25, 0.3) is 0 Å². The van der Waals surface area contributed by atoms with Crippen LogP contribution in [-0.4, -0.2) is 34.3 Å². The zero-order valence-corrected chi connectivity index (χ0v) is 15.7. The highest BCUT2D eigenvalue weighted by molar-refractivity contribution is 7.80. The molecule has 1 amide bonds. The third kappa shape index (κ3) is 4.77. The second-order valence-corrected chi connectivity index (χ2v) is 6.57. The molecule has 6 nitrogen and oxygen atoms in total. The summed E-state index contributed by atoms with van der Waals surface area (Å²) in [4.78, 5) is 14.9. The maximum Gasteiger partial charge on any atom is 0.405 e. The standard InChI is InChI=1S/C20H21N3O3S/c1-26-15-8-6-13(7-9-15)11-22-19(27)18(23-20(24)25)10-14-12-21-17-5-3-2-4-16(14)17/h2-9,12,18,21,23H,10-11H2,1H3,(H,22,27)(H,24,25)/t18-/m1/s1. The number of aromatic amines is 1. The van der Waals surface area contributed by atoms with Gasteiger partial charge in [-0.05, 0) is 29.3 Å². The van der Waals surface area contributed by atoms with E-state index in [1.807, 2.05) is 54.7 Å². The van der Waals surface area contributed by atoms with Crippen LogP contribution in [0.3, 0.4) is 0 Å². The monoisotopic (exact) mass is 383 g/mol. The lowest BCUT2D eigenvalue weighted by molar-refractivity contribution is 0.192. The van der Waals surface area contributed by atoms with E-state index in [1.54, 1.807) is 7.11 Å². The first-order chi connectivity index (χ1) is 13.1. The first-order valence-electron chi connectivity index (χ1n) is 8.52. The summed E-state index contributed by atoms with van der Waals surface area (Å²) in [5, 5.41) is 15.9. The van der Waals surface area contributed by atoms with E-state index in [0.717, 1.165) is 27.8 Å². The van der Waals surface area contributed by atoms with Crippen LogP contribution >= 0.6 is 12.2 Å². The van der Waals surface area contributed by atoms with Crippen LogP contribution in [0.2, 0.25) is 0 Å². The van der Waals surface area contributed by atoms with Crippen LogP contribution in [0.4, 0.5) is 4.79 Å². The second-order valence-electron chi connectivity index (χ2n) is 6.13. The quantitative estimate of drug-likeness (QED) is 0.470. The highest BCUT2D eigenvalue weighted by Crippen LogP contribution is 2.19. The maximum atomic E-state index is 11.2. The molecule has 0 radical (unpaired) electrons. The van der Waals surface area contributed by atoms with E-state index >= 15 is 0 Å². The van der Waals surface area contributed by atoms with Gasteiger partial charge in [-0.2, -0.15) is 0 Å². The molecule has 1 atom stereocenters. The molecule has 0 spiro atoms. The topological polar surface area (TPSA) is 86.4 Å². The van der Waals surface area contributed by atoms with Crippen molar-refractivity contribution >= 4 is 34.2 Å². The number of H-pyrrole nitrogens is 1. The van der Waals surface area contributed by atoms with Crippen molar-refractivity contribution in [3.8, 4) is 5.75 Å². The van der Waals surface area contributed by atoms with Crippen molar-refractivity contribution in [2.45, 2.75) is 19.0 Å². The number of hydrogen-bond acceptors (Lipinski definition) is 3. The zero-order chi connectivity index (χ0) is 19.2. The van der Waals surface area contributed by atoms with Gasteiger partial charge < -0.3 is 25.5 Å². The molecule has 7 heteroatoms. The normalized spacial score (nSPS) is 11.7. The minimum absolute atomic E-state index is 0.457. The van der Waals surface area contributed by atoms with Crippen molar-refractivity contribution in [2.75, 3.05) is 7.11 Å². The number of aromatic nitrogens is 1. The van der Waals surface area contributed by atoms with E-state index in [2.05, 4.69) is 15.6 Å². The van der Waals surface area contributed by atoms with Crippen molar-refractivity contribution in [1.82, 2.24) is 15.6 Å². The van der Waals surface area contributed by atoms with E-state index in [4.69, 9.17) is 17.0 Å². The summed E-state index contributed by atoms with van der Waals surface area (Å²) < 4.78 is 5.15. The van der Waals surface area contributed by atoms with Gasteiger partial charge in [-0.25, -0.2) is 4.79 Å². The summed E-state index contributed by atoms with van der Waals surface area (Å²) in [5.41, 5.74) is 3.05. The molecule has 0 bridgehead atoms. The highest BCUT2D eigenvalue weighted by Gasteiger charge is 2.19. The van der Waals surface area contributed by atoms with Crippen LogP contribution in [0.1, 0.15) is 11.1 Å². The Morgan fingerprint density at radius 3 is 2.67 bits per heavy atom. The minimum atomic E-state index is -1.10. The number of carboxylic acid groups (broad SMARTS) is 1. The number of hydrogen-bond donors (Lipinski definition) is 4. The Bertz CT molecular complexity index is 937. The number of fused-ring (bicyclic) bond motifs is 1. The van der Waals surface area contributed by atoms with Gasteiger partial charge in [-0.15, -0.1) is 0 Å². The molecule has 0 aliphatic carbocycles. The van der Waals surface area contributed by atoms with Crippen molar-refractivity contribution in [3.63, 3.8) is 0 Å². The van der Waals surface area contributed by atoms with E-state index in [-0.39, 0.29) is 0 Å². The van der Waals surface area contributed by atoms with Gasteiger partial charge in [0.1, 0.15) is 5.75 Å². The number of nitrogens with one attached hydrogen (secondary N) is 3. The summed E-state index contributed by atoms with van der Waals surface area (Å²) in [5.74, 6) is 0.783. The molecule has 3 rings (SSSR count). The molecule has 0 fully saturated rings. The average molecular weight is 383 g/mol. The third-order valence-corrected chi connectivity index (χ3v) is 4.77. The number of carbonyl (C=O) groups is 1. The number of rotatable bonds is 7. The number of amides is 1. The number of para-hydroxylation sites is 1. The second kappa shape index (κ2) is 8.55. The molecule has 0 aliphatic heterocycles. The Morgan fingerprint density at radius 2 is 1.96 bits per heavy atom. The number of benzene rings is 2. The Morgan fingerprint density at radius 1 is 1.22 bits per heavy atom. The molecule has 0 saturated heterocycles. The number of methoxy groups -OCH3 is 1. The minimum Gasteiger partial charge on any atom is -0.497 e. The smallest absolute Gasteiger partial charge is 0.405 e. The van der Waals surface area contributed by atoms with Crippen LogP contribution in [0.25, 0.3) is 10.9 Å². The van der Waals surface area contributed by atoms with Gasteiger partial charge in [-0.1, -0.05) is 42.5 Å². The fraction of sp³-hybridized carbons (Fsp3) is 0.200. The summed E-state index contributed by atoms with van der Waals surface area (Å²) in [6.07, 6.45) is 1.26. The Balaban J connectivity index is 1.69. The number of ether oxygens (including phenoxy) is 1. The zero-order valence-electron chi connectivity index (χ0n) is 14.9. The maximum absolute atomic E-state index is 11.2. The summed E-state index contributed by atoms with van der Waals surface area (Å²) in [7, 11) is 1.62. The first kappa shape index (κ1) is 18.7. The average Bonchev–Trinajstić information content (AvgIpc) is 3.08. The number of thiocarbonyl (C=S) groups is 1. The highest BCUT2D eigenvalue weighted by atomic mass is 32.1. The summed E-state index contributed by atoms with van der Waals surface area (Å²) in [6.45, 7) is 0.508. The van der Waals surface area contributed by atoms with Gasteiger partial charge in [0, 0.05) is 30.1 Å². The molecule has 0 saturated carbocycles. The van der Waals surface area contributed by atoms with Gasteiger partial charge in [0.2, 0.25) is 0 Å². The molecule has 1 aromatic heterocycles. The Kier molecular flexibility index (Phi) is 5.93. The first-order valence-corrected chi connectivity index (χ1v) is 8.92. The summed E-state index contributed by atoms with van der Waals surface area (Å²) in [6, 6.07) is 15.0. The van der Waals surface area contributed by atoms with Crippen LogP contribution < -0.4 is 15.4 Å². The molecule has 140 valence electrons. The Hall–Kier alpha value is -3.06. The van der Waals surface area contributed by atoms with Gasteiger partial charge >= 0.3 is 6.09 Å². The fourth-order valence-electron chi connectivity index (χ4n) is 2.93. The molecule has 0 unspecified atom stereocenters. The van der Waals surface area contributed by atoms with Crippen LogP contribution in [0.5, 0.6) is 5.75 Å². The van der Waals surface area contributed by atoms with Crippen molar-refractivity contribution < 1.29 is 14.6 Å². The van der Waals surface area contributed by atoms with Gasteiger partial charge in [0.15, 0.2) is 0 Å². The lowest BCUT2D eigenvalue weighted by Gasteiger charge is -2.19. The molecule has 3 aromatic rings.